The minimum Gasteiger partial charge on any atom is -0.316 e. The maximum Gasteiger partial charge on any atom is 0.0234 e. The van der Waals surface area contributed by atoms with E-state index in [1.165, 1.54) is 64.2 Å². The van der Waals surface area contributed by atoms with Gasteiger partial charge in [0.1, 0.15) is 0 Å². The molecule has 0 aromatic heterocycles. The highest BCUT2D eigenvalue weighted by molar-refractivity contribution is 5.14. The number of piperidine rings is 1. The maximum absolute atomic E-state index is 3.53. The molecule has 2 aliphatic heterocycles. The Balaban J connectivity index is 1.40. The van der Waals surface area contributed by atoms with Crippen molar-refractivity contribution in [2.45, 2.75) is 19.4 Å². The molecule has 1 N–H and O–H groups in total. The number of piperazine rings is 1. The van der Waals surface area contributed by atoms with E-state index in [1.807, 2.05) is 0 Å². The lowest BCUT2D eigenvalue weighted by atomic mass is 9.99. The lowest BCUT2D eigenvalue weighted by Crippen LogP contribution is -2.48. The van der Waals surface area contributed by atoms with Gasteiger partial charge in [-0.2, -0.15) is 0 Å². The average Bonchev–Trinajstić information content (AvgIpc) is 2.51. The summed E-state index contributed by atoms with van der Waals surface area (Å²) in [4.78, 5) is 5.25. The summed E-state index contributed by atoms with van der Waals surface area (Å²) in [6.45, 7) is 9.77. The van der Waals surface area contributed by atoms with E-state index in [0.29, 0.717) is 0 Å². The van der Waals surface area contributed by atoms with Crippen LogP contribution in [0.15, 0.2) is 30.3 Å². The molecular formula is C17H27N3. The number of rotatable bonds is 4. The first-order valence-electron chi connectivity index (χ1n) is 8.09. The van der Waals surface area contributed by atoms with Crippen LogP contribution in [0, 0.1) is 5.92 Å². The first-order chi connectivity index (χ1) is 9.90. The van der Waals surface area contributed by atoms with Crippen molar-refractivity contribution in [2.75, 3.05) is 45.8 Å². The normalized spacial score (nSPS) is 25.7. The van der Waals surface area contributed by atoms with Crippen LogP contribution >= 0.6 is 0 Å². The maximum atomic E-state index is 3.53. The van der Waals surface area contributed by atoms with Gasteiger partial charge in [-0.25, -0.2) is 0 Å². The fourth-order valence-electron chi connectivity index (χ4n) is 3.42. The highest BCUT2D eigenvalue weighted by Crippen LogP contribution is 2.14. The summed E-state index contributed by atoms with van der Waals surface area (Å²) in [5.41, 5.74) is 1.44. The molecule has 2 aliphatic rings. The number of hydrogen-bond acceptors (Lipinski definition) is 3. The number of hydrogen-bond donors (Lipinski definition) is 1. The summed E-state index contributed by atoms with van der Waals surface area (Å²) >= 11 is 0. The molecule has 3 nitrogen and oxygen atoms in total. The lowest BCUT2D eigenvalue weighted by molar-refractivity contribution is 0.108. The van der Waals surface area contributed by atoms with Crippen molar-refractivity contribution in [2.24, 2.45) is 5.92 Å². The largest absolute Gasteiger partial charge is 0.316 e. The molecule has 1 atom stereocenters. The van der Waals surface area contributed by atoms with E-state index in [4.69, 9.17) is 0 Å². The predicted octanol–water partition coefficient (Wildman–Crippen LogP) is 1.80. The Kier molecular flexibility index (Phi) is 5.06. The second-order valence-corrected chi connectivity index (χ2v) is 6.27. The van der Waals surface area contributed by atoms with Crippen LogP contribution in [-0.4, -0.2) is 55.6 Å². The Hall–Kier alpha value is -0.900. The Labute approximate surface area is 123 Å². The highest BCUT2D eigenvalue weighted by atomic mass is 15.3. The van der Waals surface area contributed by atoms with E-state index in [2.05, 4.69) is 45.4 Å². The summed E-state index contributed by atoms with van der Waals surface area (Å²) in [6, 6.07) is 10.9. The third-order valence-corrected chi connectivity index (χ3v) is 4.63. The molecule has 2 saturated heterocycles. The molecule has 0 spiro atoms. The van der Waals surface area contributed by atoms with Crippen LogP contribution in [-0.2, 0) is 6.54 Å². The SMILES string of the molecule is c1ccc(CN2CCN(C[C@H]3CCCNC3)CC2)cc1. The molecule has 0 amide bonds. The summed E-state index contributed by atoms with van der Waals surface area (Å²) in [5.74, 6) is 0.879. The molecule has 2 fully saturated rings. The third kappa shape index (κ3) is 4.05. The highest BCUT2D eigenvalue weighted by Gasteiger charge is 2.21. The first-order valence-corrected chi connectivity index (χ1v) is 8.09. The Morgan fingerprint density at radius 1 is 1.00 bits per heavy atom. The molecule has 20 heavy (non-hydrogen) atoms. The van der Waals surface area contributed by atoms with Gasteiger partial charge >= 0.3 is 0 Å². The molecule has 1 aromatic carbocycles. The molecule has 3 rings (SSSR count). The van der Waals surface area contributed by atoms with Crippen molar-refractivity contribution in [3.05, 3.63) is 35.9 Å². The van der Waals surface area contributed by atoms with Crippen LogP contribution in [0.2, 0.25) is 0 Å². The molecule has 0 aliphatic carbocycles. The lowest BCUT2D eigenvalue weighted by Gasteiger charge is -2.37. The number of nitrogens with zero attached hydrogens (tertiary/aromatic N) is 2. The van der Waals surface area contributed by atoms with Gasteiger partial charge in [-0.1, -0.05) is 30.3 Å². The minimum atomic E-state index is 0.879. The average molecular weight is 273 g/mol. The van der Waals surface area contributed by atoms with E-state index in [9.17, 15) is 0 Å². The topological polar surface area (TPSA) is 18.5 Å². The van der Waals surface area contributed by atoms with Gasteiger partial charge in [0.05, 0.1) is 0 Å². The van der Waals surface area contributed by atoms with E-state index in [0.717, 1.165) is 12.5 Å². The quantitative estimate of drug-likeness (QED) is 0.902. The molecule has 0 bridgehead atoms. The number of benzene rings is 1. The van der Waals surface area contributed by atoms with Crippen LogP contribution in [0.25, 0.3) is 0 Å². The van der Waals surface area contributed by atoms with Gasteiger partial charge in [-0.15, -0.1) is 0 Å². The van der Waals surface area contributed by atoms with Crippen LogP contribution < -0.4 is 5.32 Å². The van der Waals surface area contributed by atoms with E-state index >= 15 is 0 Å². The molecular weight excluding hydrogens is 246 g/mol. The van der Waals surface area contributed by atoms with Crippen LogP contribution in [0.4, 0.5) is 0 Å². The monoisotopic (exact) mass is 273 g/mol. The Morgan fingerprint density at radius 2 is 1.75 bits per heavy atom. The van der Waals surface area contributed by atoms with Gasteiger partial charge in [0.2, 0.25) is 0 Å². The predicted molar refractivity (Wildman–Crippen MR) is 83.8 cm³/mol. The number of nitrogens with one attached hydrogen (secondary N) is 1. The molecule has 1 aromatic rings. The van der Waals surface area contributed by atoms with E-state index in [1.54, 1.807) is 0 Å². The zero-order valence-corrected chi connectivity index (χ0v) is 12.4. The molecule has 0 radical (unpaired) electrons. The third-order valence-electron chi connectivity index (χ3n) is 4.63. The standard InChI is InChI=1S/C17H27N3/c1-2-5-16(6-3-1)14-19-9-11-20(12-10-19)15-17-7-4-8-18-13-17/h1-3,5-6,17-18H,4,7-15H2/t17-/m0/s1. The molecule has 0 saturated carbocycles. The Morgan fingerprint density at radius 3 is 2.45 bits per heavy atom. The van der Waals surface area contributed by atoms with Gasteiger partial charge in [-0.05, 0) is 37.4 Å². The van der Waals surface area contributed by atoms with Crippen molar-refractivity contribution in [3.63, 3.8) is 0 Å². The van der Waals surface area contributed by atoms with Crippen molar-refractivity contribution in [1.82, 2.24) is 15.1 Å². The van der Waals surface area contributed by atoms with Gasteiger partial charge in [0.15, 0.2) is 0 Å². The Bertz CT molecular complexity index is 378. The smallest absolute Gasteiger partial charge is 0.0234 e. The molecule has 2 heterocycles. The van der Waals surface area contributed by atoms with E-state index in [-0.39, 0.29) is 0 Å². The zero-order valence-electron chi connectivity index (χ0n) is 12.4. The second-order valence-electron chi connectivity index (χ2n) is 6.27. The second kappa shape index (κ2) is 7.21. The zero-order chi connectivity index (χ0) is 13.6. The summed E-state index contributed by atoms with van der Waals surface area (Å²) in [6.07, 6.45) is 2.77. The van der Waals surface area contributed by atoms with Crippen molar-refractivity contribution in [1.29, 1.82) is 0 Å². The van der Waals surface area contributed by atoms with Gasteiger partial charge in [0.25, 0.3) is 0 Å². The van der Waals surface area contributed by atoms with Crippen LogP contribution in [0.3, 0.4) is 0 Å². The molecule has 110 valence electrons. The van der Waals surface area contributed by atoms with Gasteiger partial charge in [0, 0.05) is 39.3 Å². The van der Waals surface area contributed by atoms with Crippen molar-refractivity contribution >= 4 is 0 Å². The minimum absolute atomic E-state index is 0.879. The fraction of sp³-hybridized carbons (Fsp3) is 0.647. The summed E-state index contributed by atoms with van der Waals surface area (Å²) in [5, 5.41) is 3.53. The molecule has 0 unspecified atom stereocenters. The van der Waals surface area contributed by atoms with Crippen LogP contribution in [0.5, 0.6) is 0 Å². The summed E-state index contributed by atoms with van der Waals surface area (Å²) in [7, 11) is 0. The molecule has 3 heteroatoms. The summed E-state index contributed by atoms with van der Waals surface area (Å²) < 4.78 is 0. The van der Waals surface area contributed by atoms with Gasteiger partial charge in [-0.3, -0.25) is 4.90 Å². The van der Waals surface area contributed by atoms with Crippen LogP contribution in [0.1, 0.15) is 18.4 Å². The van der Waals surface area contributed by atoms with Gasteiger partial charge < -0.3 is 10.2 Å². The van der Waals surface area contributed by atoms with Crippen molar-refractivity contribution in [3.8, 4) is 0 Å². The first kappa shape index (κ1) is 14.1. The van der Waals surface area contributed by atoms with E-state index < -0.39 is 0 Å². The van der Waals surface area contributed by atoms with Crippen molar-refractivity contribution < 1.29 is 0 Å². The fourth-order valence-corrected chi connectivity index (χ4v) is 3.42.